The molecule has 0 aromatic heterocycles. The Morgan fingerprint density at radius 1 is 1.12 bits per heavy atom. The molecule has 2 aliphatic rings. The minimum absolute atomic E-state index is 0.0121. The van der Waals surface area contributed by atoms with Crippen LogP contribution in [0.15, 0.2) is 53.4 Å². The predicted molar refractivity (Wildman–Crippen MR) is 94.0 cm³/mol. The van der Waals surface area contributed by atoms with E-state index >= 15 is 0 Å². The smallest absolute Gasteiger partial charge is 0.189 e. The molecule has 1 aliphatic heterocycles. The van der Waals surface area contributed by atoms with Crippen LogP contribution in [-0.4, -0.2) is 15.0 Å². The van der Waals surface area contributed by atoms with Crippen molar-refractivity contribution in [1.82, 2.24) is 0 Å². The molecule has 136 valence electrons. The first-order chi connectivity index (χ1) is 12.3. The van der Waals surface area contributed by atoms with Crippen molar-refractivity contribution in [1.29, 1.82) is 0 Å². The third-order valence-corrected chi connectivity index (χ3v) is 8.01. The average Bonchev–Trinajstić information content (AvgIpc) is 2.96. The molecule has 3 nitrogen and oxygen atoms in total. The highest BCUT2D eigenvalue weighted by atomic mass is 35.5. The minimum atomic E-state index is -4.07. The Balaban J connectivity index is 2.05. The van der Waals surface area contributed by atoms with E-state index in [0.29, 0.717) is 17.0 Å². The molecule has 0 bridgehead atoms. The van der Waals surface area contributed by atoms with Crippen LogP contribution in [0.25, 0.3) is 0 Å². The topological polar surface area (TPSA) is 43.4 Å². The van der Waals surface area contributed by atoms with Gasteiger partial charge in [-0.05, 0) is 49.2 Å². The van der Waals surface area contributed by atoms with Gasteiger partial charge in [0.15, 0.2) is 21.4 Å². The van der Waals surface area contributed by atoms with Crippen molar-refractivity contribution in [3.05, 3.63) is 70.8 Å². The Labute approximate surface area is 155 Å². The Bertz CT molecular complexity index is 1020. The molecule has 0 radical (unpaired) electrons. The summed E-state index contributed by atoms with van der Waals surface area (Å²) in [5, 5.41) is 0.387. The molecule has 1 unspecified atom stereocenters. The summed E-state index contributed by atoms with van der Waals surface area (Å²) in [6.07, 6.45) is 0.404. The molecular weight excluding hydrogens is 382 g/mol. The van der Waals surface area contributed by atoms with Crippen molar-refractivity contribution >= 4 is 21.4 Å². The lowest BCUT2D eigenvalue weighted by Gasteiger charge is -2.40. The van der Waals surface area contributed by atoms with Gasteiger partial charge in [0.05, 0.1) is 17.1 Å². The predicted octanol–water partition coefficient (Wildman–Crippen LogP) is 4.65. The van der Waals surface area contributed by atoms with Crippen molar-refractivity contribution in [2.24, 2.45) is 5.92 Å². The monoisotopic (exact) mass is 396 g/mol. The molecule has 7 heteroatoms. The largest absolute Gasteiger partial charge is 0.490 e. The zero-order valence-corrected chi connectivity index (χ0v) is 15.2. The molecule has 1 saturated carbocycles. The Kier molecular flexibility index (Phi) is 3.90. The summed E-state index contributed by atoms with van der Waals surface area (Å²) in [6.45, 7) is 3.90. The Morgan fingerprint density at radius 3 is 2.46 bits per heavy atom. The SMILES string of the molecule is C=C1C[C@@H]2COc3c(F)ccc(F)c3C2(S(=O)(=O)c2ccc(Cl)cc2)C1. The fraction of sp³-hybridized carbons (Fsp3) is 0.263. The van der Waals surface area contributed by atoms with E-state index in [1.54, 1.807) is 0 Å². The summed E-state index contributed by atoms with van der Waals surface area (Å²) in [7, 11) is -4.07. The molecule has 4 rings (SSSR count). The first kappa shape index (κ1) is 17.5. The van der Waals surface area contributed by atoms with E-state index in [9.17, 15) is 17.2 Å². The molecule has 2 aromatic carbocycles. The molecule has 2 atom stereocenters. The van der Waals surface area contributed by atoms with Crippen LogP contribution in [0.1, 0.15) is 18.4 Å². The van der Waals surface area contributed by atoms with Crippen LogP contribution >= 0.6 is 11.6 Å². The molecule has 1 heterocycles. The lowest BCUT2D eigenvalue weighted by molar-refractivity contribution is 0.179. The number of benzene rings is 2. The van der Waals surface area contributed by atoms with Crippen LogP contribution in [-0.2, 0) is 14.6 Å². The van der Waals surface area contributed by atoms with E-state index in [0.717, 1.165) is 12.1 Å². The lowest BCUT2D eigenvalue weighted by atomic mass is 9.85. The second-order valence-corrected chi connectivity index (χ2v) is 9.36. The summed E-state index contributed by atoms with van der Waals surface area (Å²) >= 11 is 5.87. The number of fused-ring (bicyclic) bond motifs is 3. The van der Waals surface area contributed by atoms with Gasteiger partial charge < -0.3 is 4.74 Å². The first-order valence-electron chi connectivity index (χ1n) is 8.05. The second-order valence-electron chi connectivity index (χ2n) is 6.72. The van der Waals surface area contributed by atoms with Crippen molar-refractivity contribution in [2.75, 3.05) is 6.61 Å². The van der Waals surface area contributed by atoms with Crippen LogP contribution in [0.5, 0.6) is 5.75 Å². The quantitative estimate of drug-likeness (QED) is 0.694. The number of halogens is 3. The van der Waals surface area contributed by atoms with Gasteiger partial charge in [-0.2, -0.15) is 0 Å². The average molecular weight is 397 g/mol. The fourth-order valence-corrected chi connectivity index (χ4v) is 6.60. The third-order valence-electron chi connectivity index (χ3n) is 5.22. The van der Waals surface area contributed by atoms with Crippen molar-refractivity contribution in [2.45, 2.75) is 22.5 Å². The highest BCUT2D eigenvalue weighted by molar-refractivity contribution is 7.92. The van der Waals surface area contributed by atoms with Gasteiger partial charge in [-0.1, -0.05) is 23.8 Å². The van der Waals surface area contributed by atoms with Crippen molar-refractivity contribution in [3.63, 3.8) is 0 Å². The number of ether oxygens (including phenoxy) is 1. The second kappa shape index (κ2) is 5.79. The van der Waals surface area contributed by atoms with Gasteiger partial charge in [0.2, 0.25) is 0 Å². The van der Waals surface area contributed by atoms with Gasteiger partial charge in [0, 0.05) is 10.9 Å². The Morgan fingerprint density at radius 2 is 1.77 bits per heavy atom. The molecule has 1 fully saturated rings. The van der Waals surface area contributed by atoms with Crippen molar-refractivity contribution in [3.8, 4) is 5.75 Å². The number of rotatable bonds is 2. The zero-order valence-electron chi connectivity index (χ0n) is 13.6. The summed E-state index contributed by atoms with van der Waals surface area (Å²) in [5.41, 5.74) is 0.440. The summed E-state index contributed by atoms with van der Waals surface area (Å²) in [6, 6.07) is 7.59. The number of allylic oxidation sites excluding steroid dienone is 1. The van der Waals surface area contributed by atoms with E-state index in [1.165, 1.54) is 24.3 Å². The van der Waals surface area contributed by atoms with E-state index in [1.807, 2.05) is 0 Å². The van der Waals surface area contributed by atoms with Crippen LogP contribution in [0.4, 0.5) is 8.78 Å². The fourth-order valence-electron chi connectivity index (χ4n) is 4.11. The standard InChI is InChI=1S/C19H15ClF2O3S/c1-11-8-12-10-25-18-16(22)7-6-15(21)17(18)19(12,9-11)26(23,24)14-4-2-13(20)3-5-14/h2-7,12H,1,8-10H2/t12-,19?/m1/s1. The van der Waals surface area contributed by atoms with E-state index in [-0.39, 0.29) is 29.2 Å². The molecule has 2 aromatic rings. The van der Waals surface area contributed by atoms with E-state index in [2.05, 4.69) is 6.58 Å². The van der Waals surface area contributed by atoms with Crippen LogP contribution in [0.2, 0.25) is 5.02 Å². The molecular formula is C19H15ClF2O3S. The van der Waals surface area contributed by atoms with E-state index < -0.39 is 32.1 Å². The maximum absolute atomic E-state index is 14.8. The van der Waals surface area contributed by atoms with Gasteiger partial charge in [0.1, 0.15) is 10.6 Å². The molecule has 0 spiro atoms. The number of hydrogen-bond donors (Lipinski definition) is 0. The van der Waals surface area contributed by atoms with Crippen molar-refractivity contribution < 1.29 is 21.9 Å². The molecule has 0 amide bonds. The number of hydrogen-bond acceptors (Lipinski definition) is 3. The third kappa shape index (κ3) is 2.25. The number of sulfone groups is 1. The maximum atomic E-state index is 14.8. The van der Waals surface area contributed by atoms with Gasteiger partial charge in [0.25, 0.3) is 0 Å². The Hall–Kier alpha value is -1.92. The van der Waals surface area contributed by atoms with Crippen LogP contribution < -0.4 is 4.74 Å². The van der Waals surface area contributed by atoms with E-state index in [4.69, 9.17) is 16.3 Å². The minimum Gasteiger partial charge on any atom is -0.490 e. The highest BCUT2D eigenvalue weighted by Gasteiger charge is 2.60. The molecule has 1 aliphatic carbocycles. The zero-order chi connectivity index (χ0) is 18.7. The summed E-state index contributed by atoms with van der Waals surface area (Å²) < 4.78 is 60.2. The first-order valence-corrected chi connectivity index (χ1v) is 9.91. The van der Waals surface area contributed by atoms with Crippen LogP contribution in [0.3, 0.4) is 0 Å². The molecule has 0 saturated heterocycles. The maximum Gasteiger partial charge on any atom is 0.189 e. The van der Waals surface area contributed by atoms with Gasteiger partial charge >= 0.3 is 0 Å². The van der Waals surface area contributed by atoms with Gasteiger partial charge in [-0.3, -0.25) is 0 Å². The molecule has 0 N–H and O–H groups in total. The van der Waals surface area contributed by atoms with Gasteiger partial charge in [-0.15, -0.1) is 0 Å². The van der Waals surface area contributed by atoms with Gasteiger partial charge in [-0.25, -0.2) is 17.2 Å². The normalized spacial score (nSPS) is 24.7. The summed E-state index contributed by atoms with van der Waals surface area (Å²) in [4.78, 5) is 0.0121. The molecule has 26 heavy (non-hydrogen) atoms. The van der Waals surface area contributed by atoms with Crippen LogP contribution in [0, 0.1) is 17.6 Å². The lowest BCUT2D eigenvalue weighted by Crippen LogP contribution is -2.46. The summed E-state index contributed by atoms with van der Waals surface area (Å²) in [5.74, 6) is -2.44. The highest BCUT2D eigenvalue weighted by Crippen LogP contribution is 2.59.